The number of aromatic nitrogens is 3. The van der Waals surface area contributed by atoms with Gasteiger partial charge in [0.05, 0.1) is 9.50 Å². The SMILES string of the molecule is On1c(C(F)(F)F)nc2nc(Br)c(Cl)c(Br)c21. The molecule has 0 aliphatic heterocycles. The molecule has 0 atom stereocenters. The lowest BCUT2D eigenvalue weighted by molar-refractivity contribution is -0.153. The number of nitrogens with zero attached hydrogens (tertiary/aromatic N) is 3. The van der Waals surface area contributed by atoms with Crippen LogP contribution in [0.1, 0.15) is 5.82 Å². The molecule has 4 nitrogen and oxygen atoms in total. The lowest BCUT2D eigenvalue weighted by Crippen LogP contribution is -2.13. The lowest BCUT2D eigenvalue weighted by atomic mass is 10.4. The van der Waals surface area contributed by atoms with E-state index < -0.39 is 12.0 Å². The molecular weight excluding hydrogens is 394 g/mol. The summed E-state index contributed by atoms with van der Waals surface area (Å²) in [7, 11) is 0. The average Bonchev–Trinajstić information content (AvgIpc) is 2.52. The second kappa shape index (κ2) is 3.99. The quantitative estimate of drug-likeness (QED) is 0.544. The zero-order valence-electron chi connectivity index (χ0n) is 7.56. The maximum atomic E-state index is 12.5. The minimum Gasteiger partial charge on any atom is -0.426 e. The molecule has 1 N–H and O–H groups in total. The number of pyridine rings is 1. The summed E-state index contributed by atoms with van der Waals surface area (Å²) in [6.45, 7) is 0. The summed E-state index contributed by atoms with van der Waals surface area (Å²) >= 11 is 11.7. The Hall–Kier alpha value is -0.540. The van der Waals surface area contributed by atoms with E-state index in [9.17, 15) is 18.4 Å². The average molecular weight is 395 g/mol. The van der Waals surface area contributed by atoms with Gasteiger partial charge in [0.2, 0.25) is 0 Å². The van der Waals surface area contributed by atoms with Gasteiger partial charge < -0.3 is 5.21 Å². The fourth-order valence-electron chi connectivity index (χ4n) is 1.19. The van der Waals surface area contributed by atoms with Crippen molar-refractivity contribution in [2.75, 3.05) is 0 Å². The van der Waals surface area contributed by atoms with E-state index >= 15 is 0 Å². The summed E-state index contributed by atoms with van der Waals surface area (Å²) in [5.74, 6) is -1.46. The summed E-state index contributed by atoms with van der Waals surface area (Å²) in [5, 5.41) is 9.45. The summed E-state index contributed by atoms with van der Waals surface area (Å²) in [6, 6.07) is 0. The maximum Gasteiger partial charge on any atom is 0.453 e. The van der Waals surface area contributed by atoms with E-state index in [1.54, 1.807) is 0 Å². The van der Waals surface area contributed by atoms with Crippen LogP contribution in [-0.2, 0) is 6.18 Å². The van der Waals surface area contributed by atoms with Crippen molar-refractivity contribution >= 4 is 54.6 Å². The molecule has 0 radical (unpaired) electrons. The molecule has 92 valence electrons. The second-order valence-electron chi connectivity index (χ2n) is 2.95. The van der Waals surface area contributed by atoms with Crippen molar-refractivity contribution in [3.63, 3.8) is 0 Å². The second-order valence-corrected chi connectivity index (χ2v) is 4.87. The molecule has 0 spiro atoms. The predicted octanol–water partition coefficient (Wildman–Crippen LogP) is 3.87. The highest BCUT2D eigenvalue weighted by Crippen LogP contribution is 2.37. The molecule has 0 aliphatic carbocycles. The molecule has 0 amide bonds. The van der Waals surface area contributed by atoms with E-state index in [2.05, 4.69) is 41.8 Å². The third-order valence-corrected chi connectivity index (χ3v) is 4.05. The molecule has 0 aliphatic rings. The summed E-state index contributed by atoms with van der Waals surface area (Å²) < 4.78 is 37.6. The first-order chi connectivity index (χ1) is 7.73. The molecule has 2 aromatic heterocycles. The molecular formula is C7HBr2ClF3N3O. The van der Waals surface area contributed by atoms with Crippen LogP contribution in [0.15, 0.2) is 9.08 Å². The maximum absolute atomic E-state index is 12.5. The normalized spacial score (nSPS) is 12.4. The van der Waals surface area contributed by atoms with Crippen molar-refractivity contribution in [1.82, 2.24) is 14.7 Å². The first kappa shape index (κ1) is 12.9. The highest BCUT2D eigenvalue weighted by atomic mass is 79.9. The van der Waals surface area contributed by atoms with E-state index in [1.807, 2.05) is 0 Å². The van der Waals surface area contributed by atoms with Crippen molar-refractivity contribution in [3.05, 3.63) is 19.9 Å². The molecule has 0 unspecified atom stereocenters. The van der Waals surface area contributed by atoms with Crippen molar-refractivity contribution in [3.8, 4) is 0 Å². The number of rotatable bonds is 0. The zero-order valence-corrected chi connectivity index (χ0v) is 11.5. The van der Waals surface area contributed by atoms with Crippen molar-refractivity contribution in [2.45, 2.75) is 6.18 Å². The van der Waals surface area contributed by atoms with Crippen molar-refractivity contribution in [1.29, 1.82) is 0 Å². The fraction of sp³-hybridized carbons (Fsp3) is 0.143. The Morgan fingerprint density at radius 1 is 1.24 bits per heavy atom. The monoisotopic (exact) mass is 393 g/mol. The van der Waals surface area contributed by atoms with Gasteiger partial charge in [-0.2, -0.15) is 17.9 Å². The Bertz CT molecular complexity index is 613. The standard InChI is InChI=1S/C7HBr2ClF3N3O/c8-1-2(10)4(9)14-5-3(1)16(17)6(15-5)7(11,12)13/h17H. The van der Waals surface area contributed by atoms with Crippen LogP contribution in [0.4, 0.5) is 13.2 Å². The highest BCUT2D eigenvalue weighted by Gasteiger charge is 2.39. The topological polar surface area (TPSA) is 50.9 Å². The van der Waals surface area contributed by atoms with Gasteiger partial charge in [-0.15, -0.1) is 0 Å². The molecule has 0 saturated carbocycles. The Morgan fingerprint density at radius 3 is 2.35 bits per heavy atom. The van der Waals surface area contributed by atoms with E-state index in [0.29, 0.717) is 0 Å². The lowest BCUT2D eigenvalue weighted by Gasteiger charge is -2.05. The molecule has 2 rings (SSSR count). The van der Waals surface area contributed by atoms with Crippen LogP contribution >= 0.6 is 43.5 Å². The van der Waals surface area contributed by atoms with Crippen LogP contribution in [0.25, 0.3) is 11.2 Å². The van der Waals surface area contributed by atoms with Crippen molar-refractivity contribution in [2.24, 2.45) is 0 Å². The largest absolute Gasteiger partial charge is 0.453 e. The van der Waals surface area contributed by atoms with Gasteiger partial charge in [0.1, 0.15) is 10.1 Å². The molecule has 0 saturated heterocycles. The smallest absolute Gasteiger partial charge is 0.426 e. The number of hydrogen-bond acceptors (Lipinski definition) is 3. The fourth-order valence-corrected chi connectivity index (χ4v) is 2.49. The zero-order chi connectivity index (χ0) is 13.0. The van der Waals surface area contributed by atoms with Gasteiger partial charge in [-0.1, -0.05) is 11.6 Å². The molecule has 2 aromatic rings. The van der Waals surface area contributed by atoms with Crippen molar-refractivity contribution < 1.29 is 18.4 Å². The summed E-state index contributed by atoms with van der Waals surface area (Å²) in [4.78, 5) is 6.90. The van der Waals surface area contributed by atoms with Gasteiger partial charge in [-0.3, -0.25) is 0 Å². The number of fused-ring (bicyclic) bond motifs is 1. The Morgan fingerprint density at radius 2 is 1.82 bits per heavy atom. The first-order valence-corrected chi connectivity index (χ1v) is 5.89. The van der Waals surface area contributed by atoms with Crippen LogP contribution in [0, 0.1) is 0 Å². The minimum absolute atomic E-state index is 0.0430. The predicted molar refractivity (Wildman–Crippen MR) is 60.1 cm³/mol. The van der Waals surface area contributed by atoms with E-state index in [-0.39, 0.29) is 30.0 Å². The Kier molecular flexibility index (Phi) is 3.03. The van der Waals surface area contributed by atoms with Gasteiger partial charge in [-0.05, 0) is 31.9 Å². The van der Waals surface area contributed by atoms with Gasteiger partial charge >= 0.3 is 6.18 Å². The minimum atomic E-state index is -4.78. The van der Waals surface area contributed by atoms with Crippen LogP contribution in [-0.4, -0.2) is 19.9 Å². The number of imidazole rings is 1. The van der Waals surface area contributed by atoms with Crippen LogP contribution in [0.3, 0.4) is 0 Å². The third-order valence-electron chi connectivity index (χ3n) is 1.88. The van der Waals surface area contributed by atoms with E-state index in [0.717, 1.165) is 0 Å². The van der Waals surface area contributed by atoms with E-state index in [1.165, 1.54) is 0 Å². The first-order valence-electron chi connectivity index (χ1n) is 3.93. The van der Waals surface area contributed by atoms with Gasteiger partial charge in [-0.25, -0.2) is 9.97 Å². The molecule has 0 aromatic carbocycles. The summed E-state index contributed by atoms with van der Waals surface area (Å²) in [5.41, 5.74) is -0.520. The van der Waals surface area contributed by atoms with Gasteiger partial charge in [0.15, 0.2) is 5.65 Å². The van der Waals surface area contributed by atoms with Crippen LogP contribution in [0.2, 0.25) is 5.02 Å². The Balaban J connectivity index is 2.89. The van der Waals surface area contributed by atoms with Crippen LogP contribution in [0.5, 0.6) is 0 Å². The number of alkyl halides is 3. The summed E-state index contributed by atoms with van der Waals surface area (Å²) in [6.07, 6.45) is -4.78. The number of hydrogen-bond donors (Lipinski definition) is 1. The molecule has 0 bridgehead atoms. The highest BCUT2D eigenvalue weighted by molar-refractivity contribution is 9.11. The molecule has 10 heteroatoms. The number of halogens is 6. The van der Waals surface area contributed by atoms with Gasteiger partial charge in [0.25, 0.3) is 5.82 Å². The molecule has 17 heavy (non-hydrogen) atoms. The van der Waals surface area contributed by atoms with Gasteiger partial charge in [0, 0.05) is 0 Å². The third kappa shape index (κ3) is 2.00. The molecule has 2 heterocycles. The van der Waals surface area contributed by atoms with Crippen LogP contribution < -0.4 is 0 Å². The van der Waals surface area contributed by atoms with E-state index in [4.69, 9.17) is 11.6 Å². The Labute approximate surface area is 114 Å². The molecule has 0 fully saturated rings.